The average Bonchev–Trinajstić information content (AvgIpc) is 2.67. The van der Waals surface area contributed by atoms with E-state index in [0.717, 1.165) is 23.4 Å². The van der Waals surface area contributed by atoms with Crippen LogP contribution in [0.15, 0.2) is 42.9 Å². The molecule has 0 radical (unpaired) electrons. The summed E-state index contributed by atoms with van der Waals surface area (Å²) in [7, 11) is 1.66. The fourth-order valence-electron chi connectivity index (χ4n) is 2.98. The largest absolute Gasteiger partial charge is 0.497 e. The molecule has 2 aromatic rings. The third-order valence-corrected chi connectivity index (χ3v) is 4.30. The van der Waals surface area contributed by atoms with Gasteiger partial charge in [-0.05, 0) is 24.1 Å². The standard InChI is InChI=1S/C19H23N3O3/c1-24-17-4-2-3-15(11-17)12-18-14-22(9-10-25-18)19(23)6-5-16-13-20-7-8-21-16/h2-4,7-8,11,13,18H,5-6,9-10,12,14H2,1H3/t18-/m1/s1. The number of methoxy groups -OCH3 is 1. The van der Waals surface area contributed by atoms with Crippen molar-refractivity contribution >= 4 is 5.91 Å². The molecule has 1 aliphatic rings. The van der Waals surface area contributed by atoms with Gasteiger partial charge in [-0.3, -0.25) is 14.8 Å². The molecule has 0 saturated carbocycles. The summed E-state index contributed by atoms with van der Waals surface area (Å²) in [6.45, 7) is 1.84. The first kappa shape index (κ1) is 17.4. The van der Waals surface area contributed by atoms with Crippen molar-refractivity contribution < 1.29 is 14.3 Å². The van der Waals surface area contributed by atoms with Crippen LogP contribution in [-0.4, -0.2) is 53.7 Å². The van der Waals surface area contributed by atoms with Gasteiger partial charge in [0.1, 0.15) is 5.75 Å². The van der Waals surface area contributed by atoms with Crippen molar-refractivity contribution in [2.75, 3.05) is 26.8 Å². The summed E-state index contributed by atoms with van der Waals surface area (Å²) >= 11 is 0. The van der Waals surface area contributed by atoms with Crippen molar-refractivity contribution in [2.45, 2.75) is 25.4 Å². The molecule has 1 aromatic carbocycles. The van der Waals surface area contributed by atoms with E-state index in [-0.39, 0.29) is 12.0 Å². The van der Waals surface area contributed by atoms with Gasteiger partial charge in [-0.25, -0.2) is 0 Å². The van der Waals surface area contributed by atoms with Crippen molar-refractivity contribution in [1.29, 1.82) is 0 Å². The molecule has 0 N–H and O–H groups in total. The topological polar surface area (TPSA) is 64.5 Å². The maximum Gasteiger partial charge on any atom is 0.223 e. The highest BCUT2D eigenvalue weighted by Gasteiger charge is 2.24. The number of rotatable bonds is 6. The van der Waals surface area contributed by atoms with Crippen molar-refractivity contribution in [3.8, 4) is 5.75 Å². The second-order valence-electron chi connectivity index (χ2n) is 6.08. The lowest BCUT2D eigenvalue weighted by Gasteiger charge is -2.33. The van der Waals surface area contributed by atoms with E-state index in [2.05, 4.69) is 16.0 Å². The fourth-order valence-corrected chi connectivity index (χ4v) is 2.98. The van der Waals surface area contributed by atoms with Gasteiger partial charge in [0.2, 0.25) is 5.91 Å². The van der Waals surface area contributed by atoms with Crippen LogP contribution in [0, 0.1) is 0 Å². The average molecular weight is 341 g/mol. The Morgan fingerprint density at radius 2 is 2.32 bits per heavy atom. The highest BCUT2D eigenvalue weighted by atomic mass is 16.5. The van der Waals surface area contributed by atoms with Crippen molar-refractivity contribution in [3.63, 3.8) is 0 Å². The number of morpholine rings is 1. The minimum Gasteiger partial charge on any atom is -0.497 e. The predicted molar refractivity (Wildman–Crippen MR) is 93.4 cm³/mol. The molecule has 1 aliphatic heterocycles. The Bertz CT molecular complexity index is 693. The summed E-state index contributed by atoms with van der Waals surface area (Å²) in [5.74, 6) is 0.981. The molecule has 132 valence electrons. The van der Waals surface area contributed by atoms with Gasteiger partial charge >= 0.3 is 0 Å². The first-order chi connectivity index (χ1) is 12.2. The van der Waals surface area contributed by atoms with Crippen molar-refractivity contribution in [1.82, 2.24) is 14.9 Å². The van der Waals surface area contributed by atoms with Crippen LogP contribution in [0.3, 0.4) is 0 Å². The second-order valence-corrected chi connectivity index (χ2v) is 6.08. The molecule has 1 saturated heterocycles. The van der Waals surface area contributed by atoms with E-state index in [1.165, 1.54) is 0 Å². The zero-order valence-corrected chi connectivity index (χ0v) is 14.4. The van der Waals surface area contributed by atoms with Crippen molar-refractivity contribution in [2.24, 2.45) is 0 Å². The SMILES string of the molecule is COc1cccc(C[C@@H]2CN(C(=O)CCc3cnccn3)CCO2)c1. The third-order valence-electron chi connectivity index (χ3n) is 4.30. The van der Waals surface area contributed by atoms with E-state index in [1.54, 1.807) is 25.7 Å². The lowest BCUT2D eigenvalue weighted by atomic mass is 10.1. The molecule has 6 heteroatoms. The third kappa shape index (κ3) is 5.00. The highest BCUT2D eigenvalue weighted by molar-refractivity contribution is 5.76. The molecule has 0 unspecified atom stereocenters. The second kappa shape index (κ2) is 8.58. The molecule has 0 spiro atoms. The summed E-state index contributed by atoms with van der Waals surface area (Å²) in [4.78, 5) is 22.6. The van der Waals surface area contributed by atoms with Crippen molar-refractivity contribution in [3.05, 3.63) is 54.1 Å². The minimum absolute atomic E-state index is 0.0151. The van der Waals surface area contributed by atoms with E-state index in [1.807, 2.05) is 23.1 Å². The zero-order chi connectivity index (χ0) is 17.5. The van der Waals surface area contributed by atoms with Crippen LogP contribution >= 0.6 is 0 Å². The Balaban J connectivity index is 1.52. The van der Waals surface area contributed by atoms with E-state index in [0.29, 0.717) is 32.5 Å². The smallest absolute Gasteiger partial charge is 0.223 e. The lowest BCUT2D eigenvalue weighted by molar-refractivity contribution is -0.138. The molecule has 1 amide bonds. The van der Waals surface area contributed by atoms with Gasteiger partial charge in [-0.2, -0.15) is 0 Å². The van der Waals surface area contributed by atoms with Crippen LogP contribution in [0.5, 0.6) is 5.75 Å². The maximum atomic E-state index is 12.5. The molecule has 1 aromatic heterocycles. The number of benzene rings is 1. The summed E-state index contributed by atoms with van der Waals surface area (Å²) in [6, 6.07) is 7.97. The molecule has 1 fully saturated rings. The number of ether oxygens (including phenoxy) is 2. The van der Waals surface area contributed by atoms with E-state index >= 15 is 0 Å². The Morgan fingerprint density at radius 3 is 3.12 bits per heavy atom. The van der Waals surface area contributed by atoms with E-state index < -0.39 is 0 Å². The lowest BCUT2D eigenvalue weighted by Crippen LogP contribution is -2.46. The predicted octanol–water partition coefficient (Wildman–Crippen LogP) is 1.89. The summed E-state index contributed by atoms with van der Waals surface area (Å²) in [5, 5.41) is 0. The Morgan fingerprint density at radius 1 is 1.40 bits per heavy atom. The molecule has 0 aliphatic carbocycles. The zero-order valence-electron chi connectivity index (χ0n) is 14.4. The quantitative estimate of drug-likeness (QED) is 0.803. The Kier molecular flexibility index (Phi) is 5.95. The summed E-state index contributed by atoms with van der Waals surface area (Å²) in [5.41, 5.74) is 2.00. The van der Waals surface area contributed by atoms with Gasteiger partial charge in [0.05, 0.1) is 25.5 Å². The van der Waals surface area contributed by atoms with Gasteiger partial charge < -0.3 is 14.4 Å². The van der Waals surface area contributed by atoms with Gasteiger partial charge in [0.15, 0.2) is 0 Å². The first-order valence-corrected chi connectivity index (χ1v) is 8.52. The number of carbonyl (C=O) groups excluding carboxylic acids is 1. The van der Waals surface area contributed by atoms with Gasteiger partial charge in [-0.15, -0.1) is 0 Å². The van der Waals surface area contributed by atoms with Gasteiger partial charge in [0.25, 0.3) is 0 Å². The highest BCUT2D eigenvalue weighted by Crippen LogP contribution is 2.17. The molecular formula is C19H23N3O3. The molecule has 25 heavy (non-hydrogen) atoms. The number of hydrogen-bond donors (Lipinski definition) is 0. The molecule has 6 nitrogen and oxygen atoms in total. The molecule has 1 atom stereocenters. The van der Waals surface area contributed by atoms with E-state index in [9.17, 15) is 4.79 Å². The van der Waals surface area contributed by atoms with Crippen LogP contribution in [0.25, 0.3) is 0 Å². The number of aryl methyl sites for hydroxylation is 1. The number of amides is 1. The molecule has 3 rings (SSSR count). The van der Waals surface area contributed by atoms with Crippen LogP contribution < -0.4 is 4.74 Å². The minimum atomic E-state index is 0.0151. The van der Waals surface area contributed by atoms with Gasteiger partial charge in [0, 0.05) is 44.5 Å². The van der Waals surface area contributed by atoms with Gasteiger partial charge in [-0.1, -0.05) is 12.1 Å². The number of nitrogens with zero attached hydrogens (tertiary/aromatic N) is 3. The Hall–Kier alpha value is -2.47. The number of carbonyl (C=O) groups is 1. The normalized spacial score (nSPS) is 17.3. The van der Waals surface area contributed by atoms with E-state index in [4.69, 9.17) is 9.47 Å². The maximum absolute atomic E-state index is 12.5. The molecular weight excluding hydrogens is 318 g/mol. The van der Waals surface area contributed by atoms with Crippen LogP contribution in [0.4, 0.5) is 0 Å². The summed E-state index contributed by atoms with van der Waals surface area (Å²) in [6.07, 6.45) is 6.84. The van der Waals surface area contributed by atoms with Crippen LogP contribution in [-0.2, 0) is 22.4 Å². The first-order valence-electron chi connectivity index (χ1n) is 8.52. The fraction of sp³-hybridized carbons (Fsp3) is 0.421. The molecule has 0 bridgehead atoms. The monoisotopic (exact) mass is 341 g/mol. The number of aromatic nitrogens is 2. The Labute approximate surface area is 147 Å². The van der Waals surface area contributed by atoms with Crippen LogP contribution in [0.1, 0.15) is 17.7 Å². The van der Waals surface area contributed by atoms with Crippen LogP contribution in [0.2, 0.25) is 0 Å². The number of hydrogen-bond acceptors (Lipinski definition) is 5. The molecule has 2 heterocycles. The summed E-state index contributed by atoms with van der Waals surface area (Å²) < 4.78 is 11.1.